The van der Waals surface area contributed by atoms with Crippen molar-refractivity contribution in [3.05, 3.63) is 54.4 Å². The zero-order chi connectivity index (χ0) is 16.2. The molecule has 2 aromatic heterocycles. The van der Waals surface area contributed by atoms with Crippen LogP contribution < -0.4 is 0 Å². The highest BCUT2D eigenvalue weighted by Crippen LogP contribution is 2.29. The molecule has 3 rings (SSSR count). The Bertz CT molecular complexity index is 781. The SMILES string of the molecule is Cc1ccccc1-n1c(SCC(C)C)nnc1-c1cccnc1. The van der Waals surface area contributed by atoms with Gasteiger partial charge in [0, 0.05) is 23.7 Å². The largest absolute Gasteiger partial charge is 0.270 e. The summed E-state index contributed by atoms with van der Waals surface area (Å²) >= 11 is 1.74. The number of pyridine rings is 1. The lowest BCUT2D eigenvalue weighted by Crippen LogP contribution is -2.03. The number of aromatic nitrogens is 4. The summed E-state index contributed by atoms with van der Waals surface area (Å²) in [7, 11) is 0. The average Bonchev–Trinajstić information content (AvgIpc) is 2.98. The van der Waals surface area contributed by atoms with Gasteiger partial charge < -0.3 is 0 Å². The molecule has 0 aliphatic heterocycles. The highest BCUT2D eigenvalue weighted by molar-refractivity contribution is 7.99. The highest BCUT2D eigenvalue weighted by atomic mass is 32.2. The minimum atomic E-state index is 0.601. The first-order valence-corrected chi connectivity index (χ1v) is 8.70. The van der Waals surface area contributed by atoms with E-state index in [1.807, 2.05) is 30.5 Å². The lowest BCUT2D eigenvalue weighted by atomic mass is 10.2. The van der Waals surface area contributed by atoms with Crippen molar-refractivity contribution >= 4 is 11.8 Å². The van der Waals surface area contributed by atoms with Gasteiger partial charge >= 0.3 is 0 Å². The monoisotopic (exact) mass is 324 g/mol. The molecule has 1 aromatic carbocycles. The van der Waals surface area contributed by atoms with E-state index in [1.54, 1.807) is 18.0 Å². The Kier molecular flexibility index (Phi) is 4.76. The molecule has 0 saturated heterocycles. The molecule has 118 valence electrons. The van der Waals surface area contributed by atoms with Gasteiger partial charge in [-0.05, 0) is 36.6 Å². The fourth-order valence-corrected chi connectivity index (χ4v) is 3.21. The van der Waals surface area contributed by atoms with Crippen LogP contribution in [-0.2, 0) is 0 Å². The van der Waals surface area contributed by atoms with E-state index in [0.29, 0.717) is 5.92 Å². The first-order valence-electron chi connectivity index (χ1n) is 7.71. The molecule has 0 bridgehead atoms. The van der Waals surface area contributed by atoms with Crippen LogP contribution in [-0.4, -0.2) is 25.5 Å². The maximum Gasteiger partial charge on any atom is 0.196 e. The molecule has 0 saturated carbocycles. The number of thioether (sulfide) groups is 1. The Morgan fingerprint density at radius 2 is 1.91 bits per heavy atom. The Hall–Kier alpha value is -2.14. The van der Waals surface area contributed by atoms with E-state index in [-0.39, 0.29) is 0 Å². The molecule has 0 unspecified atom stereocenters. The fraction of sp³-hybridized carbons (Fsp3) is 0.278. The Morgan fingerprint density at radius 3 is 2.61 bits per heavy atom. The Labute approximate surface area is 141 Å². The summed E-state index contributed by atoms with van der Waals surface area (Å²) in [6.07, 6.45) is 3.60. The number of hydrogen-bond donors (Lipinski definition) is 0. The Morgan fingerprint density at radius 1 is 1.09 bits per heavy atom. The molecule has 0 aliphatic carbocycles. The summed E-state index contributed by atoms with van der Waals surface area (Å²) in [4.78, 5) is 4.21. The number of hydrogen-bond acceptors (Lipinski definition) is 4. The number of aryl methyl sites for hydroxylation is 1. The summed E-state index contributed by atoms with van der Waals surface area (Å²) in [5.74, 6) is 2.44. The maximum absolute atomic E-state index is 4.43. The van der Waals surface area contributed by atoms with Crippen molar-refractivity contribution in [2.75, 3.05) is 5.75 Å². The van der Waals surface area contributed by atoms with Crippen LogP contribution in [0.2, 0.25) is 0 Å². The van der Waals surface area contributed by atoms with Crippen LogP contribution in [0.5, 0.6) is 0 Å². The van der Waals surface area contributed by atoms with E-state index in [0.717, 1.165) is 28.0 Å². The fourth-order valence-electron chi connectivity index (χ4n) is 2.32. The van der Waals surface area contributed by atoms with E-state index in [4.69, 9.17) is 0 Å². The van der Waals surface area contributed by atoms with Gasteiger partial charge in [-0.1, -0.05) is 43.8 Å². The Balaban J connectivity index is 2.13. The minimum absolute atomic E-state index is 0.601. The van der Waals surface area contributed by atoms with Gasteiger partial charge in [0.2, 0.25) is 0 Å². The molecule has 5 heteroatoms. The zero-order valence-corrected chi connectivity index (χ0v) is 14.4. The molecule has 0 amide bonds. The van der Waals surface area contributed by atoms with Gasteiger partial charge in [-0.2, -0.15) is 0 Å². The standard InChI is InChI=1S/C18H20N4S/c1-13(2)12-23-18-21-20-17(15-8-6-10-19-11-15)22(18)16-9-5-4-7-14(16)3/h4-11,13H,12H2,1-3H3. The number of para-hydroxylation sites is 1. The molecular weight excluding hydrogens is 304 g/mol. The van der Waals surface area contributed by atoms with E-state index in [2.05, 4.69) is 52.7 Å². The van der Waals surface area contributed by atoms with Crippen molar-refractivity contribution in [3.8, 4) is 17.1 Å². The number of nitrogens with zero attached hydrogens (tertiary/aromatic N) is 4. The van der Waals surface area contributed by atoms with E-state index in [1.165, 1.54) is 5.56 Å². The molecule has 0 spiro atoms. The van der Waals surface area contributed by atoms with Crippen LogP contribution in [0.15, 0.2) is 53.9 Å². The third-order valence-electron chi connectivity index (χ3n) is 3.46. The van der Waals surface area contributed by atoms with E-state index in [9.17, 15) is 0 Å². The minimum Gasteiger partial charge on any atom is -0.270 e. The third kappa shape index (κ3) is 3.45. The topological polar surface area (TPSA) is 43.6 Å². The molecule has 0 N–H and O–H groups in total. The first-order chi connectivity index (χ1) is 11.2. The van der Waals surface area contributed by atoms with Gasteiger partial charge in [-0.3, -0.25) is 9.55 Å². The van der Waals surface area contributed by atoms with Gasteiger partial charge in [0.25, 0.3) is 0 Å². The second kappa shape index (κ2) is 6.96. The van der Waals surface area contributed by atoms with Crippen molar-refractivity contribution in [2.24, 2.45) is 5.92 Å². The van der Waals surface area contributed by atoms with Gasteiger partial charge in [-0.15, -0.1) is 10.2 Å². The molecule has 4 nitrogen and oxygen atoms in total. The third-order valence-corrected chi connectivity index (χ3v) is 4.81. The summed E-state index contributed by atoms with van der Waals surface area (Å²) in [5, 5.41) is 9.79. The quantitative estimate of drug-likeness (QED) is 0.653. The summed E-state index contributed by atoms with van der Waals surface area (Å²) in [5.41, 5.74) is 3.28. The van der Waals surface area contributed by atoms with Gasteiger partial charge in [0.1, 0.15) is 0 Å². The molecule has 0 atom stereocenters. The predicted octanol–water partition coefficient (Wildman–Crippen LogP) is 4.39. The lowest BCUT2D eigenvalue weighted by Gasteiger charge is -2.13. The van der Waals surface area contributed by atoms with Crippen molar-refractivity contribution in [2.45, 2.75) is 25.9 Å². The van der Waals surface area contributed by atoms with Crippen LogP contribution in [0.25, 0.3) is 17.1 Å². The van der Waals surface area contributed by atoms with Gasteiger partial charge in [0.15, 0.2) is 11.0 Å². The first kappa shape index (κ1) is 15.7. The second-order valence-electron chi connectivity index (χ2n) is 5.87. The van der Waals surface area contributed by atoms with Gasteiger partial charge in [-0.25, -0.2) is 0 Å². The molecular formula is C18H20N4S. The van der Waals surface area contributed by atoms with Crippen LogP contribution in [0, 0.1) is 12.8 Å². The van der Waals surface area contributed by atoms with Crippen molar-refractivity contribution < 1.29 is 0 Å². The van der Waals surface area contributed by atoms with Crippen LogP contribution in [0.1, 0.15) is 19.4 Å². The number of rotatable bonds is 5. The zero-order valence-electron chi connectivity index (χ0n) is 13.6. The van der Waals surface area contributed by atoms with Crippen molar-refractivity contribution in [1.82, 2.24) is 19.7 Å². The van der Waals surface area contributed by atoms with Gasteiger partial charge in [0.05, 0.1) is 5.69 Å². The van der Waals surface area contributed by atoms with Crippen LogP contribution in [0.4, 0.5) is 0 Å². The average molecular weight is 324 g/mol. The highest BCUT2D eigenvalue weighted by Gasteiger charge is 2.17. The lowest BCUT2D eigenvalue weighted by molar-refractivity contribution is 0.745. The van der Waals surface area contributed by atoms with Crippen LogP contribution in [0.3, 0.4) is 0 Å². The van der Waals surface area contributed by atoms with E-state index < -0.39 is 0 Å². The molecule has 23 heavy (non-hydrogen) atoms. The molecule has 0 radical (unpaired) electrons. The van der Waals surface area contributed by atoms with Crippen molar-refractivity contribution in [1.29, 1.82) is 0 Å². The van der Waals surface area contributed by atoms with E-state index >= 15 is 0 Å². The smallest absolute Gasteiger partial charge is 0.196 e. The maximum atomic E-state index is 4.43. The summed E-state index contributed by atoms with van der Waals surface area (Å²) in [6, 6.07) is 12.3. The summed E-state index contributed by atoms with van der Waals surface area (Å²) < 4.78 is 2.14. The van der Waals surface area contributed by atoms with Crippen LogP contribution >= 0.6 is 11.8 Å². The molecule has 2 heterocycles. The normalized spacial score (nSPS) is 11.1. The number of benzene rings is 1. The molecule has 0 fully saturated rings. The molecule has 3 aromatic rings. The predicted molar refractivity (Wildman–Crippen MR) is 94.9 cm³/mol. The summed E-state index contributed by atoms with van der Waals surface area (Å²) in [6.45, 7) is 6.53. The van der Waals surface area contributed by atoms with Crippen molar-refractivity contribution in [3.63, 3.8) is 0 Å². The second-order valence-corrected chi connectivity index (χ2v) is 6.86. The molecule has 0 aliphatic rings.